The van der Waals surface area contributed by atoms with Crippen molar-refractivity contribution in [2.45, 2.75) is 25.3 Å². The van der Waals surface area contributed by atoms with E-state index in [0.29, 0.717) is 12.0 Å². The molecular weight excluding hydrogens is 174 g/mol. The van der Waals surface area contributed by atoms with Crippen molar-refractivity contribution in [2.75, 3.05) is 13.7 Å². The summed E-state index contributed by atoms with van der Waals surface area (Å²) in [7, 11) is 1.70. The lowest BCUT2D eigenvalue weighted by molar-refractivity contribution is 0.414. The molecule has 2 rings (SSSR count). The first-order valence-corrected chi connectivity index (χ1v) is 5.17. The number of benzene rings is 1. The first-order valence-electron chi connectivity index (χ1n) is 5.17. The molecule has 0 radical (unpaired) electrons. The van der Waals surface area contributed by atoms with Crippen LogP contribution in [-0.2, 0) is 0 Å². The lowest BCUT2D eigenvalue weighted by atomic mass is 9.97. The van der Waals surface area contributed by atoms with Gasteiger partial charge in [-0.1, -0.05) is 12.1 Å². The molecule has 0 aromatic heterocycles. The van der Waals surface area contributed by atoms with Crippen LogP contribution in [-0.4, -0.2) is 19.7 Å². The second-order valence-electron chi connectivity index (χ2n) is 4.02. The van der Waals surface area contributed by atoms with Crippen LogP contribution in [0.1, 0.15) is 24.8 Å². The Balaban J connectivity index is 2.09. The average Bonchev–Trinajstić information content (AvgIpc) is 2.65. The summed E-state index contributed by atoms with van der Waals surface area (Å²) in [4.78, 5) is 0. The molecule has 1 saturated heterocycles. The molecule has 0 bridgehead atoms. The Bertz CT molecular complexity index is 294. The minimum Gasteiger partial charge on any atom is -0.497 e. The summed E-state index contributed by atoms with van der Waals surface area (Å²) in [5.74, 6) is 1.61. The van der Waals surface area contributed by atoms with E-state index in [1.807, 2.05) is 12.1 Å². The van der Waals surface area contributed by atoms with Crippen LogP contribution in [0.2, 0.25) is 0 Å². The van der Waals surface area contributed by atoms with Gasteiger partial charge in [-0.2, -0.15) is 0 Å². The highest BCUT2D eigenvalue weighted by Crippen LogP contribution is 2.26. The Morgan fingerprint density at radius 1 is 1.29 bits per heavy atom. The van der Waals surface area contributed by atoms with Crippen LogP contribution < -0.4 is 10.1 Å². The standard InChI is InChI=1S/C12H17NO/c1-9-7-11(8-13-9)10-3-5-12(14-2)6-4-10/h3-6,9,11,13H,7-8H2,1-2H3/t9-,11-/m0/s1. The summed E-state index contributed by atoms with van der Waals surface area (Å²) in [6.45, 7) is 3.34. The molecule has 1 heterocycles. The molecule has 1 N–H and O–H groups in total. The van der Waals surface area contributed by atoms with Crippen molar-refractivity contribution >= 4 is 0 Å². The maximum absolute atomic E-state index is 5.14. The molecule has 1 fully saturated rings. The first-order chi connectivity index (χ1) is 6.79. The average molecular weight is 191 g/mol. The van der Waals surface area contributed by atoms with Crippen LogP contribution in [0.3, 0.4) is 0 Å². The third-order valence-corrected chi connectivity index (χ3v) is 2.94. The largest absolute Gasteiger partial charge is 0.497 e. The number of methoxy groups -OCH3 is 1. The molecule has 0 spiro atoms. The van der Waals surface area contributed by atoms with E-state index in [9.17, 15) is 0 Å². The summed E-state index contributed by atoms with van der Waals surface area (Å²) < 4.78 is 5.14. The highest BCUT2D eigenvalue weighted by Gasteiger charge is 2.21. The van der Waals surface area contributed by atoms with Crippen molar-refractivity contribution in [3.8, 4) is 5.75 Å². The summed E-state index contributed by atoms with van der Waals surface area (Å²) in [6.07, 6.45) is 1.24. The normalized spacial score (nSPS) is 26.4. The highest BCUT2D eigenvalue weighted by atomic mass is 16.5. The van der Waals surface area contributed by atoms with Gasteiger partial charge < -0.3 is 10.1 Å². The van der Waals surface area contributed by atoms with Gasteiger partial charge in [0.25, 0.3) is 0 Å². The van der Waals surface area contributed by atoms with Crippen LogP contribution in [0.25, 0.3) is 0 Å². The molecule has 76 valence electrons. The van der Waals surface area contributed by atoms with Crippen LogP contribution in [0, 0.1) is 0 Å². The molecule has 0 amide bonds. The van der Waals surface area contributed by atoms with Gasteiger partial charge in [-0.05, 0) is 37.0 Å². The molecule has 0 aliphatic carbocycles. The molecular formula is C12H17NO. The topological polar surface area (TPSA) is 21.3 Å². The quantitative estimate of drug-likeness (QED) is 0.773. The van der Waals surface area contributed by atoms with E-state index in [2.05, 4.69) is 24.4 Å². The molecule has 2 nitrogen and oxygen atoms in total. The molecule has 2 atom stereocenters. The Labute approximate surface area is 85.3 Å². The van der Waals surface area contributed by atoms with E-state index in [0.717, 1.165) is 12.3 Å². The van der Waals surface area contributed by atoms with Crippen molar-refractivity contribution < 1.29 is 4.74 Å². The monoisotopic (exact) mass is 191 g/mol. The number of hydrogen-bond donors (Lipinski definition) is 1. The summed E-state index contributed by atoms with van der Waals surface area (Å²) in [6, 6.07) is 9.07. The van der Waals surface area contributed by atoms with E-state index >= 15 is 0 Å². The van der Waals surface area contributed by atoms with Gasteiger partial charge in [-0.3, -0.25) is 0 Å². The van der Waals surface area contributed by atoms with Gasteiger partial charge in [0.05, 0.1) is 7.11 Å². The van der Waals surface area contributed by atoms with Gasteiger partial charge >= 0.3 is 0 Å². The van der Waals surface area contributed by atoms with E-state index in [-0.39, 0.29) is 0 Å². The third kappa shape index (κ3) is 1.90. The van der Waals surface area contributed by atoms with Crippen molar-refractivity contribution in [1.29, 1.82) is 0 Å². The Morgan fingerprint density at radius 2 is 2.00 bits per heavy atom. The Kier molecular flexibility index (Phi) is 2.73. The van der Waals surface area contributed by atoms with Crippen molar-refractivity contribution in [2.24, 2.45) is 0 Å². The van der Waals surface area contributed by atoms with Crippen LogP contribution in [0.4, 0.5) is 0 Å². The zero-order valence-corrected chi connectivity index (χ0v) is 8.79. The Morgan fingerprint density at radius 3 is 2.50 bits per heavy atom. The molecule has 1 aromatic rings. The lowest BCUT2D eigenvalue weighted by Crippen LogP contribution is -2.16. The second-order valence-corrected chi connectivity index (χ2v) is 4.02. The first kappa shape index (κ1) is 9.53. The predicted molar refractivity (Wildman–Crippen MR) is 57.8 cm³/mol. The number of nitrogens with one attached hydrogen (secondary N) is 1. The molecule has 0 unspecified atom stereocenters. The van der Waals surface area contributed by atoms with E-state index in [4.69, 9.17) is 4.74 Å². The van der Waals surface area contributed by atoms with Gasteiger partial charge in [0, 0.05) is 12.6 Å². The minimum atomic E-state index is 0.655. The van der Waals surface area contributed by atoms with E-state index in [1.165, 1.54) is 12.0 Å². The van der Waals surface area contributed by atoms with Gasteiger partial charge in [-0.25, -0.2) is 0 Å². The zero-order valence-electron chi connectivity index (χ0n) is 8.79. The van der Waals surface area contributed by atoms with E-state index < -0.39 is 0 Å². The highest BCUT2D eigenvalue weighted by molar-refractivity contribution is 5.30. The predicted octanol–water partition coefficient (Wildman–Crippen LogP) is 2.16. The van der Waals surface area contributed by atoms with Crippen LogP contribution in [0.5, 0.6) is 5.75 Å². The fraction of sp³-hybridized carbons (Fsp3) is 0.500. The minimum absolute atomic E-state index is 0.655. The maximum atomic E-state index is 5.14. The van der Waals surface area contributed by atoms with Gasteiger partial charge in [0.1, 0.15) is 5.75 Å². The molecule has 1 aromatic carbocycles. The number of rotatable bonds is 2. The van der Waals surface area contributed by atoms with Crippen molar-refractivity contribution in [3.05, 3.63) is 29.8 Å². The Hall–Kier alpha value is -1.02. The molecule has 2 heteroatoms. The van der Waals surface area contributed by atoms with Gasteiger partial charge in [0.15, 0.2) is 0 Å². The third-order valence-electron chi connectivity index (χ3n) is 2.94. The summed E-state index contributed by atoms with van der Waals surface area (Å²) >= 11 is 0. The van der Waals surface area contributed by atoms with Crippen LogP contribution in [0.15, 0.2) is 24.3 Å². The number of hydrogen-bond acceptors (Lipinski definition) is 2. The van der Waals surface area contributed by atoms with Crippen molar-refractivity contribution in [3.63, 3.8) is 0 Å². The SMILES string of the molecule is COc1ccc([C@@H]2CN[C@@H](C)C2)cc1. The smallest absolute Gasteiger partial charge is 0.118 e. The second kappa shape index (κ2) is 4.01. The molecule has 1 aliphatic heterocycles. The van der Waals surface area contributed by atoms with E-state index in [1.54, 1.807) is 7.11 Å². The molecule has 14 heavy (non-hydrogen) atoms. The van der Waals surface area contributed by atoms with Crippen molar-refractivity contribution in [1.82, 2.24) is 5.32 Å². The summed E-state index contributed by atoms with van der Waals surface area (Å²) in [5, 5.41) is 3.47. The lowest BCUT2D eigenvalue weighted by Gasteiger charge is -2.09. The van der Waals surface area contributed by atoms with Gasteiger partial charge in [-0.15, -0.1) is 0 Å². The molecule has 1 aliphatic rings. The van der Waals surface area contributed by atoms with Gasteiger partial charge in [0.2, 0.25) is 0 Å². The summed E-state index contributed by atoms with van der Waals surface area (Å²) in [5.41, 5.74) is 1.42. The maximum Gasteiger partial charge on any atom is 0.118 e. The fourth-order valence-corrected chi connectivity index (χ4v) is 2.07. The molecule has 0 saturated carbocycles. The zero-order chi connectivity index (χ0) is 9.97. The van der Waals surface area contributed by atoms with Crippen LogP contribution >= 0.6 is 0 Å². The fourth-order valence-electron chi connectivity index (χ4n) is 2.07. The number of ether oxygens (including phenoxy) is 1.